The summed E-state index contributed by atoms with van der Waals surface area (Å²) in [6, 6.07) is 18.2. The Morgan fingerprint density at radius 3 is 2.46 bits per heavy atom. The van der Waals surface area contributed by atoms with Crippen molar-refractivity contribution in [3.63, 3.8) is 0 Å². The van der Waals surface area contributed by atoms with E-state index in [9.17, 15) is 4.79 Å². The van der Waals surface area contributed by atoms with Gasteiger partial charge in [-0.3, -0.25) is 9.69 Å². The number of hydrogen-bond donors (Lipinski definition) is 1. The molecule has 1 aliphatic carbocycles. The number of Topliss-reactive ketones (excluding diaryl/α,β-unsaturated/α-hetero) is 1. The largest absolute Gasteiger partial charge is 0.380 e. The van der Waals surface area contributed by atoms with Gasteiger partial charge in [0.1, 0.15) is 0 Å². The first-order chi connectivity index (χ1) is 18.1. The van der Waals surface area contributed by atoms with Gasteiger partial charge in [-0.15, -0.1) is 0 Å². The quantitative estimate of drug-likeness (QED) is 0.434. The SMILES string of the molecule is CC(C)n1ccc2c(N3CCN(C(C(=O)C4CCCCC4)C4CCc5ccccc5N4)CC3)cccc21. The molecule has 196 valence electrons. The Morgan fingerprint density at radius 2 is 1.68 bits per heavy atom. The maximum atomic E-state index is 14.1. The van der Waals surface area contributed by atoms with Crippen LogP contribution in [0.15, 0.2) is 54.7 Å². The first-order valence-corrected chi connectivity index (χ1v) is 14.6. The van der Waals surface area contributed by atoms with Crippen LogP contribution in [0.4, 0.5) is 11.4 Å². The van der Waals surface area contributed by atoms with Gasteiger partial charge in [0.2, 0.25) is 0 Å². The molecule has 2 aromatic carbocycles. The third kappa shape index (κ3) is 4.79. The van der Waals surface area contributed by atoms with Crippen molar-refractivity contribution in [2.24, 2.45) is 5.92 Å². The molecule has 5 nitrogen and oxygen atoms in total. The molecule has 0 amide bonds. The van der Waals surface area contributed by atoms with Gasteiger partial charge in [0, 0.05) is 67.1 Å². The van der Waals surface area contributed by atoms with Crippen molar-refractivity contribution in [3.05, 3.63) is 60.3 Å². The molecule has 1 saturated heterocycles. The van der Waals surface area contributed by atoms with E-state index in [1.807, 2.05) is 0 Å². The third-order valence-electron chi connectivity index (χ3n) is 9.11. The van der Waals surface area contributed by atoms with Gasteiger partial charge in [-0.1, -0.05) is 43.5 Å². The summed E-state index contributed by atoms with van der Waals surface area (Å²) in [7, 11) is 0. The number of aromatic nitrogens is 1. The van der Waals surface area contributed by atoms with Crippen LogP contribution in [-0.4, -0.2) is 53.5 Å². The third-order valence-corrected chi connectivity index (χ3v) is 9.11. The van der Waals surface area contributed by atoms with Crippen molar-refractivity contribution in [1.29, 1.82) is 0 Å². The number of ketones is 1. The summed E-state index contributed by atoms with van der Waals surface area (Å²) in [5.41, 5.74) is 5.25. The fourth-order valence-corrected chi connectivity index (χ4v) is 7.10. The first kappa shape index (κ1) is 24.5. The van der Waals surface area contributed by atoms with Crippen molar-refractivity contribution in [1.82, 2.24) is 9.47 Å². The van der Waals surface area contributed by atoms with Crippen LogP contribution in [0.2, 0.25) is 0 Å². The Hall–Kier alpha value is -2.79. The summed E-state index contributed by atoms with van der Waals surface area (Å²) in [6.45, 7) is 8.28. The zero-order chi connectivity index (χ0) is 25.4. The van der Waals surface area contributed by atoms with Gasteiger partial charge in [-0.05, 0) is 69.4 Å². The lowest BCUT2D eigenvalue weighted by atomic mass is 9.80. The maximum absolute atomic E-state index is 14.1. The minimum Gasteiger partial charge on any atom is -0.380 e. The molecule has 3 aliphatic rings. The number of carbonyl (C=O) groups excluding carboxylic acids is 1. The minimum absolute atomic E-state index is 0.0311. The molecule has 5 heteroatoms. The van der Waals surface area contributed by atoms with Crippen molar-refractivity contribution < 1.29 is 4.79 Å². The number of aryl methyl sites for hydroxylation is 1. The van der Waals surface area contributed by atoms with E-state index in [0.29, 0.717) is 11.8 Å². The van der Waals surface area contributed by atoms with Crippen LogP contribution < -0.4 is 10.2 Å². The van der Waals surface area contributed by atoms with Crippen molar-refractivity contribution in [2.45, 2.75) is 76.9 Å². The summed E-state index contributed by atoms with van der Waals surface area (Å²) in [4.78, 5) is 19.2. The van der Waals surface area contributed by atoms with E-state index in [2.05, 4.69) is 88.3 Å². The van der Waals surface area contributed by atoms with Gasteiger partial charge in [0.15, 0.2) is 5.78 Å². The molecular formula is C32H42N4O. The van der Waals surface area contributed by atoms with E-state index < -0.39 is 0 Å². The zero-order valence-electron chi connectivity index (χ0n) is 22.5. The maximum Gasteiger partial charge on any atom is 0.155 e. The number of nitrogens with one attached hydrogen (secondary N) is 1. The van der Waals surface area contributed by atoms with E-state index in [1.54, 1.807) is 0 Å². The molecule has 3 heterocycles. The van der Waals surface area contributed by atoms with Crippen LogP contribution in [0, 0.1) is 5.92 Å². The highest BCUT2D eigenvalue weighted by atomic mass is 16.1. The van der Waals surface area contributed by atoms with E-state index in [4.69, 9.17) is 0 Å². The molecule has 2 aliphatic heterocycles. The number of carbonyl (C=O) groups is 1. The fourth-order valence-electron chi connectivity index (χ4n) is 7.10. The molecule has 6 rings (SSSR count). The second-order valence-corrected chi connectivity index (χ2v) is 11.7. The summed E-state index contributed by atoms with van der Waals surface area (Å²) in [5.74, 6) is 0.737. The molecule has 1 aromatic heterocycles. The second kappa shape index (κ2) is 10.5. The summed E-state index contributed by atoms with van der Waals surface area (Å²) >= 11 is 0. The fraction of sp³-hybridized carbons (Fsp3) is 0.531. The molecule has 2 unspecified atom stereocenters. The molecule has 1 N–H and O–H groups in total. The van der Waals surface area contributed by atoms with Crippen molar-refractivity contribution >= 4 is 28.1 Å². The Morgan fingerprint density at radius 1 is 0.892 bits per heavy atom. The normalized spacial score (nSPS) is 22.1. The number of benzene rings is 2. The van der Waals surface area contributed by atoms with Gasteiger partial charge in [0.25, 0.3) is 0 Å². The Bertz CT molecular complexity index is 1230. The average molecular weight is 499 g/mol. The number of nitrogens with zero attached hydrogens (tertiary/aromatic N) is 3. The van der Waals surface area contributed by atoms with Gasteiger partial charge >= 0.3 is 0 Å². The van der Waals surface area contributed by atoms with Crippen molar-refractivity contribution in [2.75, 3.05) is 36.4 Å². The monoisotopic (exact) mass is 498 g/mol. The topological polar surface area (TPSA) is 40.5 Å². The number of anilines is 2. The van der Waals surface area contributed by atoms with Gasteiger partial charge < -0.3 is 14.8 Å². The van der Waals surface area contributed by atoms with Crippen LogP contribution in [0.3, 0.4) is 0 Å². The molecule has 2 fully saturated rings. The first-order valence-electron chi connectivity index (χ1n) is 14.6. The highest BCUT2D eigenvalue weighted by molar-refractivity contribution is 5.93. The van der Waals surface area contributed by atoms with Crippen LogP contribution in [-0.2, 0) is 11.2 Å². The predicted molar refractivity (Wildman–Crippen MR) is 154 cm³/mol. The van der Waals surface area contributed by atoms with E-state index in [-0.39, 0.29) is 18.0 Å². The smallest absolute Gasteiger partial charge is 0.155 e. The Labute approximate surface area is 221 Å². The molecular weight excluding hydrogens is 456 g/mol. The average Bonchev–Trinajstić information content (AvgIpc) is 3.39. The highest BCUT2D eigenvalue weighted by Crippen LogP contribution is 2.34. The minimum atomic E-state index is -0.0311. The van der Waals surface area contributed by atoms with Gasteiger partial charge in [0.05, 0.1) is 11.6 Å². The highest BCUT2D eigenvalue weighted by Gasteiger charge is 2.40. The van der Waals surface area contributed by atoms with Crippen LogP contribution >= 0.6 is 0 Å². The summed E-state index contributed by atoms with van der Waals surface area (Å²) in [5, 5.41) is 5.15. The molecule has 2 atom stereocenters. The number of rotatable bonds is 6. The molecule has 1 saturated carbocycles. The van der Waals surface area contributed by atoms with E-state index >= 15 is 0 Å². The lowest BCUT2D eigenvalue weighted by molar-refractivity contribution is -0.130. The molecule has 0 radical (unpaired) electrons. The number of hydrogen-bond acceptors (Lipinski definition) is 4. The van der Waals surface area contributed by atoms with Crippen LogP contribution in [0.25, 0.3) is 10.9 Å². The number of fused-ring (bicyclic) bond motifs is 2. The molecule has 37 heavy (non-hydrogen) atoms. The van der Waals surface area contributed by atoms with Crippen LogP contribution in [0.5, 0.6) is 0 Å². The lowest BCUT2D eigenvalue weighted by Gasteiger charge is -2.45. The van der Waals surface area contributed by atoms with Gasteiger partial charge in [-0.2, -0.15) is 0 Å². The van der Waals surface area contributed by atoms with Crippen molar-refractivity contribution in [3.8, 4) is 0 Å². The van der Waals surface area contributed by atoms with Gasteiger partial charge in [-0.25, -0.2) is 0 Å². The standard InChI is InChI=1S/C32H42N4O/c1-23(2)36-18-17-26-29(13-8-14-30(26)36)34-19-21-35(22-20-34)31(32(37)25-10-4-3-5-11-25)28-16-15-24-9-6-7-12-27(24)33-28/h6-9,12-14,17-18,23,25,28,31,33H,3-5,10-11,15-16,19-22H2,1-2H3. The Balaban J connectivity index is 1.22. The number of piperazine rings is 1. The molecule has 0 spiro atoms. The predicted octanol–water partition coefficient (Wildman–Crippen LogP) is 6.29. The lowest BCUT2D eigenvalue weighted by Crippen LogP contribution is -2.60. The number of para-hydroxylation sites is 1. The zero-order valence-corrected chi connectivity index (χ0v) is 22.5. The van der Waals surface area contributed by atoms with Crippen LogP contribution in [0.1, 0.15) is 64.0 Å². The molecule has 0 bridgehead atoms. The molecule has 3 aromatic rings. The Kier molecular flexibility index (Phi) is 6.98. The summed E-state index contributed by atoms with van der Waals surface area (Å²) in [6.07, 6.45) is 10.2. The second-order valence-electron chi connectivity index (χ2n) is 11.7. The summed E-state index contributed by atoms with van der Waals surface area (Å²) < 4.78 is 2.36. The van der Waals surface area contributed by atoms with E-state index in [1.165, 1.54) is 47.1 Å². The van der Waals surface area contributed by atoms with E-state index in [0.717, 1.165) is 51.9 Å².